The zero-order valence-electron chi connectivity index (χ0n) is 14.1. The highest BCUT2D eigenvalue weighted by Crippen LogP contribution is 2.31. The number of sulfonamides is 1. The summed E-state index contributed by atoms with van der Waals surface area (Å²) in [7, 11) is -2.21. The molecule has 0 bridgehead atoms. The van der Waals surface area contributed by atoms with Crippen LogP contribution in [-0.2, 0) is 10.0 Å². The lowest BCUT2D eigenvalue weighted by Gasteiger charge is -2.33. The van der Waals surface area contributed by atoms with Crippen molar-refractivity contribution in [1.29, 1.82) is 0 Å². The lowest BCUT2D eigenvalue weighted by molar-refractivity contribution is 0.361. The van der Waals surface area contributed by atoms with Crippen LogP contribution < -0.4 is 15.4 Å². The number of likely N-dealkylation sites (N-methyl/N-ethyl adjacent to an activating group) is 1. The Bertz CT molecular complexity index is 861. The van der Waals surface area contributed by atoms with Crippen LogP contribution in [0.15, 0.2) is 28.6 Å². The summed E-state index contributed by atoms with van der Waals surface area (Å²) in [4.78, 5) is 3.34. The van der Waals surface area contributed by atoms with Crippen LogP contribution >= 0.6 is 22.9 Å². The van der Waals surface area contributed by atoms with E-state index in [1.54, 1.807) is 5.38 Å². The molecule has 0 spiro atoms. The minimum absolute atomic E-state index is 0.113. The first-order valence-electron chi connectivity index (χ1n) is 8.26. The smallest absolute Gasteiger partial charge is 0.266 e. The van der Waals surface area contributed by atoms with Gasteiger partial charge in [-0.3, -0.25) is 4.72 Å². The van der Waals surface area contributed by atoms with Crippen LogP contribution in [-0.4, -0.2) is 32.5 Å². The van der Waals surface area contributed by atoms with Crippen molar-refractivity contribution in [3.8, 4) is 0 Å². The van der Waals surface area contributed by atoms with Crippen LogP contribution in [0, 0.1) is 5.82 Å². The molecule has 1 saturated carbocycles. The third-order valence-electron chi connectivity index (χ3n) is 4.44. The van der Waals surface area contributed by atoms with E-state index in [0.29, 0.717) is 5.69 Å². The first kappa shape index (κ1) is 19.3. The number of benzene rings is 1. The van der Waals surface area contributed by atoms with Gasteiger partial charge in [-0.25, -0.2) is 17.8 Å². The summed E-state index contributed by atoms with van der Waals surface area (Å²) in [5.74, 6) is -0.863. The molecule has 3 rings (SSSR count). The fourth-order valence-corrected chi connectivity index (χ4v) is 5.30. The molecular weight excluding hydrogens is 399 g/mol. The number of anilines is 2. The molecule has 0 amide bonds. The van der Waals surface area contributed by atoms with Crippen molar-refractivity contribution in [3.63, 3.8) is 0 Å². The van der Waals surface area contributed by atoms with Gasteiger partial charge in [-0.2, -0.15) is 0 Å². The van der Waals surface area contributed by atoms with E-state index >= 15 is 0 Å². The van der Waals surface area contributed by atoms with Gasteiger partial charge in [-0.05, 0) is 32.0 Å². The van der Waals surface area contributed by atoms with E-state index in [9.17, 15) is 12.8 Å². The van der Waals surface area contributed by atoms with Gasteiger partial charge in [0.15, 0.2) is 5.13 Å². The fourth-order valence-electron chi connectivity index (χ4n) is 3.14. The van der Waals surface area contributed by atoms with Crippen molar-refractivity contribution >= 4 is 43.8 Å². The number of hydrogen-bond donors (Lipinski definition) is 3. The van der Waals surface area contributed by atoms with Crippen LogP contribution in [0.4, 0.5) is 15.2 Å². The quantitative estimate of drug-likeness (QED) is 0.666. The van der Waals surface area contributed by atoms with E-state index < -0.39 is 20.7 Å². The molecule has 1 aliphatic rings. The second-order valence-electron chi connectivity index (χ2n) is 6.14. The average molecular weight is 419 g/mol. The SMILES string of the molecule is CN[C@H]1CCCCC1Nc1cc(F)c(S(=O)(=O)Nc2nccs2)cc1Cl. The number of thiazole rings is 1. The first-order chi connectivity index (χ1) is 12.4. The zero-order valence-corrected chi connectivity index (χ0v) is 16.5. The predicted octanol–water partition coefficient (Wildman–Crippen LogP) is 3.68. The molecule has 1 aromatic heterocycles. The highest BCUT2D eigenvalue weighted by atomic mass is 35.5. The summed E-state index contributed by atoms with van der Waals surface area (Å²) in [6.07, 6.45) is 5.65. The van der Waals surface area contributed by atoms with Crippen molar-refractivity contribution in [2.24, 2.45) is 0 Å². The van der Waals surface area contributed by atoms with Gasteiger partial charge in [0.1, 0.15) is 10.7 Å². The molecule has 2 aromatic rings. The Balaban J connectivity index is 1.84. The van der Waals surface area contributed by atoms with Gasteiger partial charge in [0, 0.05) is 23.7 Å². The van der Waals surface area contributed by atoms with E-state index in [0.717, 1.165) is 49.2 Å². The van der Waals surface area contributed by atoms with E-state index in [2.05, 4.69) is 20.3 Å². The van der Waals surface area contributed by atoms with E-state index in [1.165, 1.54) is 6.20 Å². The zero-order chi connectivity index (χ0) is 18.7. The van der Waals surface area contributed by atoms with Gasteiger partial charge in [-0.15, -0.1) is 11.3 Å². The Morgan fingerprint density at radius 3 is 2.65 bits per heavy atom. The highest BCUT2D eigenvalue weighted by molar-refractivity contribution is 7.93. The largest absolute Gasteiger partial charge is 0.379 e. The molecule has 1 fully saturated rings. The Morgan fingerprint density at radius 2 is 2.00 bits per heavy atom. The Morgan fingerprint density at radius 1 is 1.27 bits per heavy atom. The molecule has 0 saturated heterocycles. The number of nitrogens with zero attached hydrogens (tertiary/aromatic N) is 1. The lowest BCUT2D eigenvalue weighted by atomic mass is 9.90. The molecule has 1 unspecified atom stereocenters. The third-order valence-corrected chi connectivity index (χ3v) is 6.93. The maximum absolute atomic E-state index is 14.5. The average Bonchev–Trinajstić information content (AvgIpc) is 3.10. The van der Waals surface area contributed by atoms with Gasteiger partial charge < -0.3 is 10.6 Å². The monoisotopic (exact) mass is 418 g/mol. The molecule has 0 aliphatic heterocycles. The van der Waals surface area contributed by atoms with Crippen molar-refractivity contribution in [1.82, 2.24) is 10.3 Å². The highest BCUT2D eigenvalue weighted by Gasteiger charge is 2.26. The van der Waals surface area contributed by atoms with Crippen LogP contribution in [0.25, 0.3) is 0 Å². The second kappa shape index (κ2) is 8.08. The molecule has 2 atom stereocenters. The number of halogens is 2. The van der Waals surface area contributed by atoms with Crippen molar-refractivity contribution in [2.75, 3.05) is 17.1 Å². The lowest BCUT2D eigenvalue weighted by Crippen LogP contribution is -2.44. The van der Waals surface area contributed by atoms with Crippen LogP contribution in [0.3, 0.4) is 0 Å². The third kappa shape index (κ3) is 4.28. The van der Waals surface area contributed by atoms with Gasteiger partial charge >= 0.3 is 0 Å². The standard InChI is InChI=1S/C16H20ClFN4O2S2/c1-19-12-4-2-3-5-13(12)21-14-9-11(18)15(8-10(14)17)26(23,24)22-16-20-6-7-25-16/h6-9,12-13,19,21H,2-5H2,1H3,(H,20,22)/t12-,13?/m0/s1. The Hall–Kier alpha value is -1.42. The fraction of sp³-hybridized carbons (Fsp3) is 0.438. The number of nitrogens with one attached hydrogen (secondary N) is 3. The maximum atomic E-state index is 14.5. The predicted molar refractivity (Wildman–Crippen MR) is 103 cm³/mol. The van der Waals surface area contributed by atoms with Gasteiger partial charge in [0.05, 0.1) is 10.7 Å². The molecule has 0 radical (unpaired) electrons. The molecule has 1 aromatic carbocycles. The van der Waals surface area contributed by atoms with Crippen molar-refractivity contribution < 1.29 is 12.8 Å². The molecule has 26 heavy (non-hydrogen) atoms. The van der Waals surface area contributed by atoms with Crippen LogP contribution in [0.1, 0.15) is 25.7 Å². The maximum Gasteiger partial charge on any atom is 0.266 e. The van der Waals surface area contributed by atoms with E-state index in [4.69, 9.17) is 11.6 Å². The summed E-state index contributed by atoms with van der Waals surface area (Å²) >= 11 is 7.35. The summed E-state index contributed by atoms with van der Waals surface area (Å²) in [6, 6.07) is 2.64. The van der Waals surface area contributed by atoms with Gasteiger partial charge in [0.2, 0.25) is 0 Å². The minimum Gasteiger partial charge on any atom is -0.379 e. The number of aromatic nitrogens is 1. The van der Waals surface area contributed by atoms with Gasteiger partial charge in [-0.1, -0.05) is 24.4 Å². The first-order valence-corrected chi connectivity index (χ1v) is 11.0. The second-order valence-corrected chi connectivity index (χ2v) is 9.09. The minimum atomic E-state index is -4.10. The molecule has 1 aliphatic carbocycles. The molecule has 142 valence electrons. The van der Waals surface area contributed by atoms with Crippen molar-refractivity contribution in [3.05, 3.63) is 34.5 Å². The van der Waals surface area contributed by atoms with Crippen LogP contribution in [0.2, 0.25) is 5.02 Å². The number of rotatable bonds is 6. The molecule has 3 N–H and O–H groups in total. The topological polar surface area (TPSA) is 83.1 Å². The Labute approximate surface area is 161 Å². The molecular formula is C16H20ClFN4O2S2. The number of hydrogen-bond acceptors (Lipinski definition) is 6. The van der Waals surface area contributed by atoms with E-state index in [-0.39, 0.29) is 22.2 Å². The Kier molecular flexibility index (Phi) is 6.01. The van der Waals surface area contributed by atoms with E-state index in [1.807, 2.05) is 7.05 Å². The summed E-state index contributed by atoms with van der Waals surface area (Å²) in [6.45, 7) is 0. The summed E-state index contributed by atoms with van der Waals surface area (Å²) in [5, 5.41) is 8.46. The summed E-state index contributed by atoms with van der Waals surface area (Å²) < 4.78 is 41.6. The van der Waals surface area contributed by atoms with Crippen molar-refractivity contribution in [2.45, 2.75) is 42.7 Å². The van der Waals surface area contributed by atoms with Gasteiger partial charge in [0.25, 0.3) is 10.0 Å². The normalized spacial score (nSPS) is 20.7. The molecule has 1 heterocycles. The molecule has 6 nitrogen and oxygen atoms in total. The van der Waals surface area contributed by atoms with Crippen LogP contribution in [0.5, 0.6) is 0 Å². The summed E-state index contributed by atoms with van der Waals surface area (Å²) in [5.41, 5.74) is 0.393. The molecule has 10 heteroatoms.